The third kappa shape index (κ3) is 5.67. The molecule has 0 saturated carbocycles. The number of nitrogens with zero attached hydrogens (tertiary/aromatic N) is 1. The molecule has 186 valence electrons. The van der Waals surface area contributed by atoms with Crippen molar-refractivity contribution in [3.05, 3.63) is 132 Å². The van der Waals surface area contributed by atoms with E-state index in [0.717, 1.165) is 42.7 Å². The predicted molar refractivity (Wildman–Crippen MR) is 155 cm³/mol. The molecule has 0 spiro atoms. The average Bonchev–Trinajstić information content (AvgIpc) is 2.95. The van der Waals surface area contributed by atoms with Crippen LogP contribution in [0.1, 0.15) is 41.6 Å². The molecule has 4 aromatic carbocycles. The molecule has 1 unspecified atom stereocenters. The number of hydrogen-bond donors (Lipinski definition) is 1. The van der Waals surface area contributed by atoms with Gasteiger partial charge in [0.25, 0.3) is 5.91 Å². The number of hydrogen-bond acceptors (Lipinski definition) is 2. The number of nitrogens with one attached hydrogen (secondary N) is 1. The highest BCUT2D eigenvalue weighted by molar-refractivity contribution is 6.08. The Bertz CT molecular complexity index is 1340. The highest BCUT2D eigenvalue weighted by atomic mass is 16.1. The third-order valence-electron chi connectivity index (χ3n) is 7.45. The molecule has 0 aliphatic carbocycles. The van der Waals surface area contributed by atoms with Crippen LogP contribution in [0, 0.1) is 5.92 Å². The molecule has 0 radical (unpaired) electrons. The Kier molecular flexibility index (Phi) is 7.51. The molecule has 0 aromatic heterocycles. The fourth-order valence-electron chi connectivity index (χ4n) is 5.61. The Labute approximate surface area is 220 Å². The minimum Gasteiger partial charge on any atom is -0.372 e. The molecule has 37 heavy (non-hydrogen) atoms. The molecule has 3 nitrogen and oxygen atoms in total. The summed E-state index contributed by atoms with van der Waals surface area (Å²) in [6.07, 6.45) is 2.28. The van der Waals surface area contributed by atoms with Gasteiger partial charge in [0, 0.05) is 35.9 Å². The summed E-state index contributed by atoms with van der Waals surface area (Å²) in [5.74, 6) is 0.930. The van der Waals surface area contributed by atoms with Crippen molar-refractivity contribution in [3.8, 4) is 11.1 Å². The standard InChI is InChI=1S/C34H34N2O/c1-25(2)33(27-13-7-4-8-14-27)28-21-23-36(24-22-28)30-19-17-29(18-20-30)35-34(37)32-16-10-9-15-31(32)26-11-5-3-6-12-26/h3-20,28,33H,1,21-24H2,2H3,(H,35,37). The molecule has 1 amide bonds. The second-order valence-corrected chi connectivity index (χ2v) is 9.97. The molecule has 0 bridgehead atoms. The minimum atomic E-state index is -0.0974. The molecule has 1 heterocycles. The van der Waals surface area contributed by atoms with Gasteiger partial charge in [-0.15, -0.1) is 0 Å². The summed E-state index contributed by atoms with van der Waals surface area (Å²) in [5, 5.41) is 3.08. The number of anilines is 2. The van der Waals surface area contributed by atoms with E-state index >= 15 is 0 Å². The summed E-state index contributed by atoms with van der Waals surface area (Å²) in [5.41, 5.74) is 7.27. The third-order valence-corrected chi connectivity index (χ3v) is 7.45. The van der Waals surface area contributed by atoms with Crippen molar-refractivity contribution in [2.24, 2.45) is 5.92 Å². The first kappa shape index (κ1) is 24.6. The normalized spacial score (nSPS) is 14.7. The molecular weight excluding hydrogens is 452 g/mol. The van der Waals surface area contributed by atoms with E-state index < -0.39 is 0 Å². The van der Waals surface area contributed by atoms with E-state index in [4.69, 9.17) is 0 Å². The quantitative estimate of drug-likeness (QED) is 0.267. The maximum absolute atomic E-state index is 13.1. The summed E-state index contributed by atoms with van der Waals surface area (Å²) < 4.78 is 0. The van der Waals surface area contributed by atoms with E-state index in [1.54, 1.807) is 0 Å². The molecular formula is C34H34N2O. The van der Waals surface area contributed by atoms with Crippen LogP contribution in [-0.4, -0.2) is 19.0 Å². The van der Waals surface area contributed by atoms with Gasteiger partial charge in [-0.1, -0.05) is 91.0 Å². The molecule has 1 atom stereocenters. The van der Waals surface area contributed by atoms with Crippen LogP contribution >= 0.6 is 0 Å². The van der Waals surface area contributed by atoms with Crippen LogP contribution in [0.2, 0.25) is 0 Å². The Morgan fingerprint density at radius 2 is 1.41 bits per heavy atom. The Morgan fingerprint density at radius 3 is 2.05 bits per heavy atom. The Hall–Kier alpha value is -4.11. The molecule has 3 heteroatoms. The predicted octanol–water partition coefficient (Wildman–Crippen LogP) is 8.18. The number of carbonyl (C=O) groups is 1. The summed E-state index contributed by atoms with van der Waals surface area (Å²) >= 11 is 0. The second-order valence-electron chi connectivity index (χ2n) is 9.97. The summed E-state index contributed by atoms with van der Waals surface area (Å²) in [6.45, 7) is 8.53. The number of carbonyl (C=O) groups excluding carboxylic acids is 1. The van der Waals surface area contributed by atoms with Crippen molar-refractivity contribution >= 4 is 17.3 Å². The van der Waals surface area contributed by atoms with Gasteiger partial charge in [0.2, 0.25) is 0 Å². The lowest BCUT2D eigenvalue weighted by atomic mass is 9.76. The molecule has 1 aliphatic heterocycles. The van der Waals surface area contributed by atoms with Gasteiger partial charge >= 0.3 is 0 Å². The Morgan fingerprint density at radius 1 is 0.811 bits per heavy atom. The second kappa shape index (κ2) is 11.3. The van der Waals surface area contributed by atoms with Gasteiger partial charge in [-0.25, -0.2) is 0 Å². The molecule has 1 N–H and O–H groups in total. The van der Waals surface area contributed by atoms with Gasteiger partial charge in [-0.05, 0) is 72.7 Å². The van der Waals surface area contributed by atoms with Crippen molar-refractivity contribution < 1.29 is 4.79 Å². The Balaban J connectivity index is 1.23. The zero-order valence-electron chi connectivity index (χ0n) is 21.4. The maximum Gasteiger partial charge on any atom is 0.256 e. The van der Waals surface area contributed by atoms with Crippen LogP contribution in [0.4, 0.5) is 11.4 Å². The van der Waals surface area contributed by atoms with Gasteiger partial charge in [0.05, 0.1) is 0 Å². The first-order valence-corrected chi connectivity index (χ1v) is 13.1. The first-order valence-electron chi connectivity index (χ1n) is 13.1. The van der Waals surface area contributed by atoms with Gasteiger partial charge in [-0.2, -0.15) is 0 Å². The van der Waals surface area contributed by atoms with Gasteiger partial charge in [0.1, 0.15) is 0 Å². The van der Waals surface area contributed by atoms with E-state index in [1.807, 2.05) is 66.7 Å². The molecule has 5 rings (SSSR count). The van der Waals surface area contributed by atoms with Gasteiger partial charge in [-0.3, -0.25) is 4.79 Å². The fraction of sp³-hybridized carbons (Fsp3) is 0.206. The number of amides is 1. The van der Waals surface area contributed by atoms with Crippen LogP contribution in [0.3, 0.4) is 0 Å². The summed E-state index contributed by atoms with van der Waals surface area (Å²) in [7, 11) is 0. The summed E-state index contributed by atoms with van der Waals surface area (Å²) in [6, 6.07) is 36.8. The largest absolute Gasteiger partial charge is 0.372 e. The van der Waals surface area contributed by atoms with E-state index in [0.29, 0.717) is 17.4 Å². The molecule has 1 aliphatic rings. The lowest BCUT2D eigenvalue weighted by Crippen LogP contribution is -2.35. The van der Waals surface area contributed by atoms with Gasteiger partial charge in [0.15, 0.2) is 0 Å². The topological polar surface area (TPSA) is 32.3 Å². The lowest BCUT2D eigenvalue weighted by molar-refractivity contribution is 0.102. The monoisotopic (exact) mass is 486 g/mol. The zero-order valence-corrected chi connectivity index (χ0v) is 21.4. The van der Waals surface area contributed by atoms with Crippen molar-refractivity contribution in [1.82, 2.24) is 0 Å². The highest BCUT2D eigenvalue weighted by Crippen LogP contribution is 2.38. The zero-order chi connectivity index (χ0) is 25.6. The maximum atomic E-state index is 13.1. The van der Waals surface area contributed by atoms with Crippen molar-refractivity contribution in [2.75, 3.05) is 23.3 Å². The van der Waals surface area contributed by atoms with E-state index in [1.165, 1.54) is 16.8 Å². The SMILES string of the molecule is C=C(C)C(c1ccccc1)C1CCN(c2ccc(NC(=O)c3ccccc3-c3ccccc3)cc2)CC1. The lowest BCUT2D eigenvalue weighted by Gasteiger charge is -2.38. The van der Waals surface area contributed by atoms with Crippen molar-refractivity contribution in [2.45, 2.75) is 25.7 Å². The molecule has 4 aromatic rings. The highest BCUT2D eigenvalue weighted by Gasteiger charge is 2.28. The van der Waals surface area contributed by atoms with E-state index in [2.05, 4.69) is 66.2 Å². The van der Waals surface area contributed by atoms with Crippen LogP contribution in [-0.2, 0) is 0 Å². The number of rotatable bonds is 7. The first-order chi connectivity index (χ1) is 18.1. The number of piperidine rings is 1. The van der Waals surface area contributed by atoms with E-state index in [9.17, 15) is 4.79 Å². The summed E-state index contributed by atoms with van der Waals surface area (Å²) in [4.78, 5) is 15.6. The smallest absolute Gasteiger partial charge is 0.256 e. The fourth-order valence-corrected chi connectivity index (χ4v) is 5.61. The minimum absolute atomic E-state index is 0.0974. The molecule has 1 saturated heterocycles. The van der Waals surface area contributed by atoms with Crippen molar-refractivity contribution in [3.63, 3.8) is 0 Å². The van der Waals surface area contributed by atoms with Gasteiger partial charge < -0.3 is 10.2 Å². The van der Waals surface area contributed by atoms with Crippen molar-refractivity contribution in [1.29, 1.82) is 0 Å². The van der Waals surface area contributed by atoms with Crippen LogP contribution in [0.15, 0.2) is 121 Å². The number of benzene rings is 4. The number of allylic oxidation sites excluding steroid dienone is 1. The molecule has 1 fully saturated rings. The van der Waals surface area contributed by atoms with Crippen LogP contribution < -0.4 is 10.2 Å². The van der Waals surface area contributed by atoms with Crippen LogP contribution in [0.25, 0.3) is 11.1 Å². The van der Waals surface area contributed by atoms with E-state index in [-0.39, 0.29) is 5.91 Å². The van der Waals surface area contributed by atoms with Crippen LogP contribution in [0.5, 0.6) is 0 Å². The average molecular weight is 487 g/mol.